The second-order valence-corrected chi connectivity index (χ2v) is 6.49. The van der Waals surface area contributed by atoms with E-state index in [9.17, 15) is 14.4 Å². The van der Waals surface area contributed by atoms with E-state index in [1.54, 1.807) is 43.3 Å². The molecule has 6 nitrogen and oxygen atoms in total. The summed E-state index contributed by atoms with van der Waals surface area (Å²) < 4.78 is 0. The number of carboxylic acid groups (broad SMARTS) is 1. The monoisotopic (exact) mass is 368 g/mol. The number of rotatable bonds is 8. The lowest BCUT2D eigenvalue weighted by atomic mass is 10.1. The molecule has 1 N–H and O–H groups in total. The Kier molecular flexibility index (Phi) is 7.11. The number of carbonyl (C=O) groups excluding carboxylic acids is 2. The lowest BCUT2D eigenvalue weighted by molar-refractivity contribution is -0.137. The highest BCUT2D eigenvalue weighted by Crippen LogP contribution is 2.13. The van der Waals surface area contributed by atoms with Crippen molar-refractivity contribution in [3.63, 3.8) is 0 Å². The van der Waals surface area contributed by atoms with Gasteiger partial charge in [-0.15, -0.1) is 0 Å². The lowest BCUT2D eigenvalue weighted by Crippen LogP contribution is -2.32. The van der Waals surface area contributed by atoms with E-state index < -0.39 is 5.97 Å². The molecule has 0 heterocycles. The third-order valence-corrected chi connectivity index (χ3v) is 4.11. The van der Waals surface area contributed by atoms with Crippen molar-refractivity contribution in [3.05, 3.63) is 71.3 Å². The topological polar surface area (TPSA) is 77.9 Å². The standard InChI is InChI=1S/C21H24N2O4/c1-22(2)20(26)17-10-12-18(13-11-17)21(27)23(14-6-9-19(24)25)15-16-7-4-3-5-8-16/h3-5,7-8,10-13H,6,9,14-15H2,1-2H3,(H,24,25). The molecule has 0 bridgehead atoms. The van der Waals surface area contributed by atoms with Crippen LogP contribution in [0.5, 0.6) is 0 Å². The van der Waals surface area contributed by atoms with E-state index in [4.69, 9.17) is 5.11 Å². The minimum atomic E-state index is -0.881. The summed E-state index contributed by atoms with van der Waals surface area (Å²) in [6.45, 7) is 0.746. The first-order valence-corrected chi connectivity index (χ1v) is 8.75. The van der Waals surface area contributed by atoms with Crippen LogP contribution in [-0.2, 0) is 11.3 Å². The minimum absolute atomic E-state index is 0.00877. The van der Waals surface area contributed by atoms with Gasteiger partial charge in [0.2, 0.25) is 0 Å². The Morgan fingerprint density at radius 2 is 1.41 bits per heavy atom. The highest BCUT2D eigenvalue weighted by atomic mass is 16.4. The molecule has 0 aromatic heterocycles. The average Bonchev–Trinajstić information content (AvgIpc) is 2.66. The number of nitrogens with zero attached hydrogens (tertiary/aromatic N) is 2. The fourth-order valence-electron chi connectivity index (χ4n) is 2.67. The normalized spacial score (nSPS) is 10.3. The SMILES string of the molecule is CN(C)C(=O)c1ccc(C(=O)N(CCCC(=O)O)Cc2ccccc2)cc1. The van der Waals surface area contributed by atoms with Gasteiger partial charge in [0.1, 0.15) is 0 Å². The Bertz CT molecular complexity index is 786. The molecule has 0 unspecified atom stereocenters. The van der Waals surface area contributed by atoms with Crippen LogP contribution in [0.2, 0.25) is 0 Å². The summed E-state index contributed by atoms with van der Waals surface area (Å²) in [6.07, 6.45) is 0.389. The van der Waals surface area contributed by atoms with Crippen LogP contribution < -0.4 is 0 Å². The number of amides is 2. The molecule has 0 fully saturated rings. The summed E-state index contributed by atoms with van der Waals surface area (Å²) in [5.41, 5.74) is 1.95. The maximum atomic E-state index is 12.9. The van der Waals surface area contributed by atoms with Gasteiger partial charge in [-0.1, -0.05) is 30.3 Å². The molecule has 6 heteroatoms. The molecule has 27 heavy (non-hydrogen) atoms. The number of carboxylic acids is 1. The van der Waals surface area contributed by atoms with Crippen molar-refractivity contribution < 1.29 is 19.5 Å². The smallest absolute Gasteiger partial charge is 0.303 e. The van der Waals surface area contributed by atoms with Gasteiger partial charge in [-0.25, -0.2) is 0 Å². The molecular weight excluding hydrogens is 344 g/mol. The third-order valence-electron chi connectivity index (χ3n) is 4.11. The molecule has 2 aromatic carbocycles. The van der Waals surface area contributed by atoms with E-state index in [0.29, 0.717) is 30.6 Å². The summed E-state index contributed by atoms with van der Waals surface area (Å²) in [5.74, 6) is -1.20. The van der Waals surface area contributed by atoms with Crippen molar-refractivity contribution in [2.24, 2.45) is 0 Å². The minimum Gasteiger partial charge on any atom is -0.481 e. The molecular formula is C21H24N2O4. The number of carbonyl (C=O) groups is 3. The Morgan fingerprint density at radius 3 is 1.93 bits per heavy atom. The van der Waals surface area contributed by atoms with Crippen LogP contribution in [0, 0.1) is 0 Å². The predicted octanol–water partition coefficient (Wildman–Crippen LogP) is 2.90. The number of hydrogen-bond donors (Lipinski definition) is 1. The Morgan fingerprint density at radius 1 is 0.852 bits per heavy atom. The van der Waals surface area contributed by atoms with Gasteiger partial charge in [0, 0.05) is 44.7 Å². The molecule has 2 amide bonds. The first-order chi connectivity index (χ1) is 12.9. The first kappa shape index (κ1) is 20.2. The lowest BCUT2D eigenvalue weighted by Gasteiger charge is -2.23. The van der Waals surface area contributed by atoms with E-state index in [-0.39, 0.29) is 18.2 Å². The van der Waals surface area contributed by atoms with Gasteiger partial charge in [-0.2, -0.15) is 0 Å². The zero-order valence-corrected chi connectivity index (χ0v) is 15.6. The number of aliphatic carboxylic acids is 1. The fraction of sp³-hybridized carbons (Fsp3) is 0.286. The highest BCUT2D eigenvalue weighted by Gasteiger charge is 2.17. The summed E-state index contributed by atoms with van der Waals surface area (Å²) in [6, 6.07) is 16.1. The van der Waals surface area contributed by atoms with Crippen LogP contribution >= 0.6 is 0 Å². The van der Waals surface area contributed by atoms with Crippen molar-refractivity contribution >= 4 is 17.8 Å². The fourth-order valence-corrected chi connectivity index (χ4v) is 2.67. The van der Waals surface area contributed by atoms with Crippen LogP contribution in [0.3, 0.4) is 0 Å². The van der Waals surface area contributed by atoms with Crippen LogP contribution in [0.4, 0.5) is 0 Å². The molecule has 0 aliphatic heterocycles. The highest BCUT2D eigenvalue weighted by molar-refractivity contribution is 5.97. The zero-order chi connectivity index (χ0) is 19.8. The van der Waals surface area contributed by atoms with Crippen molar-refractivity contribution in [3.8, 4) is 0 Å². The quantitative estimate of drug-likeness (QED) is 0.777. The van der Waals surface area contributed by atoms with Crippen molar-refractivity contribution in [1.82, 2.24) is 9.80 Å². The summed E-state index contributed by atoms with van der Waals surface area (Å²) in [4.78, 5) is 38.8. The van der Waals surface area contributed by atoms with Gasteiger partial charge in [0.15, 0.2) is 0 Å². The predicted molar refractivity (Wildman–Crippen MR) is 103 cm³/mol. The van der Waals surface area contributed by atoms with Crippen molar-refractivity contribution in [2.75, 3.05) is 20.6 Å². The maximum Gasteiger partial charge on any atom is 0.303 e. The number of benzene rings is 2. The molecule has 142 valence electrons. The molecule has 0 aliphatic carbocycles. The van der Waals surface area contributed by atoms with Gasteiger partial charge < -0.3 is 14.9 Å². The Hall–Kier alpha value is -3.15. The molecule has 2 rings (SSSR count). The van der Waals surface area contributed by atoms with E-state index in [1.807, 2.05) is 30.3 Å². The average molecular weight is 368 g/mol. The van der Waals surface area contributed by atoms with E-state index in [1.165, 1.54) is 4.90 Å². The Labute approximate surface area is 159 Å². The summed E-state index contributed by atoms with van der Waals surface area (Å²) >= 11 is 0. The Balaban J connectivity index is 2.16. The summed E-state index contributed by atoms with van der Waals surface area (Å²) in [7, 11) is 3.34. The van der Waals surface area contributed by atoms with E-state index in [2.05, 4.69) is 0 Å². The second-order valence-electron chi connectivity index (χ2n) is 6.49. The number of hydrogen-bond acceptors (Lipinski definition) is 3. The molecule has 0 radical (unpaired) electrons. The maximum absolute atomic E-state index is 12.9. The van der Waals surface area contributed by atoms with Gasteiger partial charge >= 0.3 is 5.97 Å². The van der Waals surface area contributed by atoms with Gasteiger partial charge in [-0.05, 0) is 36.2 Å². The largest absolute Gasteiger partial charge is 0.481 e. The van der Waals surface area contributed by atoms with Gasteiger partial charge in [0.25, 0.3) is 11.8 Å². The summed E-state index contributed by atoms with van der Waals surface area (Å²) in [5, 5.41) is 8.86. The van der Waals surface area contributed by atoms with Gasteiger partial charge in [-0.3, -0.25) is 14.4 Å². The molecule has 0 saturated carbocycles. The molecule has 0 aliphatic rings. The van der Waals surface area contributed by atoms with Crippen molar-refractivity contribution in [2.45, 2.75) is 19.4 Å². The molecule has 2 aromatic rings. The van der Waals surface area contributed by atoms with E-state index in [0.717, 1.165) is 5.56 Å². The van der Waals surface area contributed by atoms with Crippen LogP contribution in [-0.4, -0.2) is 53.3 Å². The van der Waals surface area contributed by atoms with Crippen LogP contribution in [0.25, 0.3) is 0 Å². The second kappa shape index (κ2) is 9.52. The third kappa shape index (κ3) is 5.95. The molecule has 0 atom stereocenters. The van der Waals surface area contributed by atoms with E-state index >= 15 is 0 Å². The van der Waals surface area contributed by atoms with Gasteiger partial charge in [0.05, 0.1) is 0 Å². The first-order valence-electron chi connectivity index (χ1n) is 8.75. The van der Waals surface area contributed by atoms with Crippen LogP contribution in [0.15, 0.2) is 54.6 Å². The van der Waals surface area contributed by atoms with Crippen LogP contribution in [0.1, 0.15) is 39.1 Å². The molecule has 0 spiro atoms. The van der Waals surface area contributed by atoms with Crippen molar-refractivity contribution in [1.29, 1.82) is 0 Å². The zero-order valence-electron chi connectivity index (χ0n) is 15.6. The molecule has 0 saturated heterocycles.